The van der Waals surface area contributed by atoms with E-state index in [0.29, 0.717) is 12.3 Å². The zero-order chi connectivity index (χ0) is 21.6. The molecule has 1 N–H and O–H groups in total. The molecule has 0 spiro atoms. The van der Waals surface area contributed by atoms with Crippen molar-refractivity contribution in [2.45, 2.75) is 51.6 Å². The Labute approximate surface area is 188 Å². The molecule has 1 aromatic carbocycles. The van der Waals surface area contributed by atoms with Crippen molar-refractivity contribution >= 4 is 23.2 Å². The SMILES string of the molecule is Cc1ncsc1C(=O)N1CCC(CCC(=O)NC2CCN(Cc3ccccc3)C2)CC1. The molecular formula is C24H32N4O2S. The first-order valence-electron chi connectivity index (χ1n) is 11.3. The second kappa shape index (κ2) is 10.4. The Hall–Kier alpha value is -2.25. The number of aromatic nitrogens is 1. The number of carbonyl (C=O) groups is 2. The maximum absolute atomic E-state index is 12.6. The number of nitrogens with zero attached hydrogens (tertiary/aromatic N) is 3. The van der Waals surface area contributed by atoms with Crippen molar-refractivity contribution in [2.75, 3.05) is 26.2 Å². The minimum absolute atomic E-state index is 0.109. The predicted octanol–water partition coefficient (Wildman–Crippen LogP) is 3.47. The molecule has 2 amide bonds. The van der Waals surface area contributed by atoms with Crippen molar-refractivity contribution in [1.82, 2.24) is 20.1 Å². The number of carbonyl (C=O) groups excluding carboxylic acids is 2. The summed E-state index contributed by atoms with van der Waals surface area (Å²) >= 11 is 1.42. The maximum Gasteiger partial charge on any atom is 0.265 e. The molecule has 0 radical (unpaired) electrons. The molecule has 7 heteroatoms. The lowest BCUT2D eigenvalue weighted by Gasteiger charge is -2.31. The van der Waals surface area contributed by atoms with E-state index in [1.165, 1.54) is 16.9 Å². The zero-order valence-electron chi connectivity index (χ0n) is 18.3. The Balaban J connectivity index is 1.13. The van der Waals surface area contributed by atoms with E-state index in [4.69, 9.17) is 0 Å². The molecule has 1 aromatic heterocycles. The topological polar surface area (TPSA) is 65.5 Å². The monoisotopic (exact) mass is 440 g/mol. The summed E-state index contributed by atoms with van der Waals surface area (Å²) < 4.78 is 0. The molecule has 1 unspecified atom stereocenters. The number of thiazole rings is 1. The smallest absolute Gasteiger partial charge is 0.265 e. The van der Waals surface area contributed by atoms with E-state index in [0.717, 1.165) is 69.0 Å². The largest absolute Gasteiger partial charge is 0.352 e. The van der Waals surface area contributed by atoms with Gasteiger partial charge in [-0.1, -0.05) is 30.3 Å². The number of piperidine rings is 1. The number of amides is 2. The second-order valence-electron chi connectivity index (χ2n) is 8.81. The fraction of sp³-hybridized carbons (Fsp3) is 0.542. The van der Waals surface area contributed by atoms with Gasteiger partial charge in [-0.3, -0.25) is 14.5 Å². The van der Waals surface area contributed by atoms with E-state index in [2.05, 4.69) is 39.5 Å². The molecule has 166 valence electrons. The van der Waals surface area contributed by atoms with Gasteiger partial charge in [0.2, 0.25) is 5.91 Å². The second-order valence-corrected chi connectivity index (χ2v) is 9.67. The number of rotatable bonds is 7. The van der Waals surface area contributed by atoms with Crippen molar-refractivity contribution in [3.05, 3.63) is 52.0 Å². The first-order valence-corrected chi connectivity index (χ1v) is 12.2. The van der Waals surface area contributed by atoms with Crippen molar-refractivity contribution in [3.63, 3.8) is 0 Å². The van der Waals surface area contributed by atoms with Gasteiger partial charge in [-0.15, -0.1) is 11.3 Å². The summed E-state index contributed by atoms with van der Waals surface area (Å²) in [6, 6.07) is 10.8. The summed E-state index contributed by atoms with van der Waals surface area (Å²) in [5.74, 6) is 0.804. The molecule has 31 heavy (non-hydrogen) atoms. The highest BCUT2D eigenvalue weighted by atomic mass is 32.1. The fourth-order valence-corrected chi connectivity index (χ4v) is 5.42. The van der Waals surface area contributed by atoms with Crippen LogP contribution in [0, 0.1) is 12.8 Å². The highest BCUT2D eigenvalue weighted by Gasteiger charge is 2.27. The molecule has 3 heterocycles. The average Bonchev–Trinajstić information content (AvgIpc) is 3.41. The summed E-state index contributed by atoms with van der Waals surface area (Å²) in [6.45, 7) is 6.36. The molecule has 6 nitrogen and oxygen atoms in total. The van der Waals surface area contributed by atoms with Gasteiger partial charge in [-0.05, 0) is 44.1 Å². The van der Waals surface area contributed by atoms with Crippen LogP contribution >= 0.6 is 11.3 Å². The Kier molecular flexibility index (Phi) is 7.35. The number of aryl methyl sites for hydroxylation is 1. The minimum Gasteiger partial charge on any atom is -0.352 e. The molecule has 2 aliphatic heterocycles. The molecule has 2 aliphatic rings. The van der Waals surface area contributed by atoms with E-state index in [1.54, 1.807) is 5.51 Å². The van der Waals surface area contributed by atoms with E-state index in [9.17, 15) is 9.59 Å². The van der Waals surface area contributed by atoms with Gasteiger partial charge in [-0.2, -0.15) is 0 Å². The van der Waals surface area contributed by atoms with Gasteiger partial charge in [0.25, 0.3) is 5.91 Å². The van der Waals surface area contributed by atoms with Crippen LogP contribution in [0.25, 0.3) is 0 Å². The average molecular weight is 441 g/mol. The van der Waals surface area contributed by atoms with Gasteiger partial charge < -0.3 is 10.2 Å². The molecule has 4 rings (SSSR count). The Morgan fingerprint density at radius 1 is 1.13 bits per heavy atom. The van der Waals surface area contributed by atoms with Crippen LogP contribution in [-0.2, 0) is 11.3 Å². The summed E-state index contributed by atoms with van der Waals surface area (Å²) in [6.07, 6.45) is 4.47. The van der Waals surface area contributed by atoms with Crippen molar-refractivity contribution < 1.29 is 9.59 Å². The molecule has 2 saturated heterocycles. The van der Waals surface area contributed by atoms with E-state index in [1.807, 2.05) is 17.9 Å². The van der Waals surface area contributed by atoms with Crippen LogP contribution in [0.3, 0.4) is 0 Å². The first kappa shape index (κ1) is 22.0. The lowest BCUT2D eigenvalue weighted by atomic mass is 9.92. The molecular weight excluding hydrogens is 408 g/mol. The van der Waals surface area contributed by atoms with Crippen LogP contribution in [-0.4, -0.2) is 58.8 Å². The van der Waals surface area contributed by atoms with Crippen LogP contribution in [0.5, 0.6) is 0 Å². The zero-order valence-corrected chi connectivity index (χ0v) is 19.1. The highest BCUT2D eigenvalue weighted by Crippen LogP contribution is 2.25. The Bertz CT molecular complexity index is 877. The van der Waals surface area contributed by atoms with Crippen LogP contribution in [0.2, 0.25) is 0 Å². The number of nitrogens with one attached hydrogen (secondary N) is 1. The fourth-order valence-electron chi connectivity index (χ4n) is 4.65. The van der Waals surface area contributed by atoms with Crippen molar-refractivity contribution in [2.24, 2.45) is 5.92 Å². The van der Waals surface area contributed by atoms with Gasteiger partial charge in [-0.25, -0.2) is 4.98 Å². The number of hydrogen-bond acceptors (Lipinski definition) is 5. The molecule has 2 aromatic rings. The van der Waals surface area contributed by atoms with E-state index >= 15 is 0 Å². The van der Waals surface area contributed by atoms with Gasteiger partial charge in [0.1, 0.15) is 4.88 Å². The van der Waals surface area contributed by atoms with Crippen molar-refractivity contribution in [1.29, 1.82) is 0 Å². The normalized spacial score (nSPS) is 20.2. The van der Waals surface area contributed by atoms with Crippen LogP contribution in [0.1, 0.15) is 53.0 Å². The van der Waals surface area contributed by atoms with Crippen LogP contribution in [0.4, 0.5) is 0 Å². The van der Waals surface area contributed by atoms with Gasteiger partial charge in [0, 0.05) is 45.2 Å². The summed E-state index contributed by atoms with van der Waals surface area (Å²) in [5.41, 5.74) is 3.88. The summed E-state index contributed by atoms with van der Waals surface area (Å²) in [7, 11) is 0. The minimum atomic E-state index is 0.109. The summed E-state index contributed by atoms with van der Waals surface area (Å²) in [5, 5.41) is 3.24. The number of benzene rings is 1. The third kappa shape index (κ3) is 5.92. The van der Waals surface area contributed by atoms with Gasteiger partial charge in [0.15, 0.2) is 0 Å². The quantitative estimate of drug-likeness (QED) is 0.716. The maximum atomic E-state index is 12.6. The van der Waals surface area contributed by atoms with Crippen LogP contribution < -0.4 is 5.32 Å². The Morgan fingerprint density at radius 3 is 2.61 bits per heavy atom. The molecule has 0 saturated carbocycles. The highest BCUT2D eigenvalue weighted by molar-refractivity contribution is 7.11. The van der Waals surface area contributed by atoms with Gasteiger partial charge in [0.05, 0.1) is 11.2 Å². The predicted molar refractivity (Wildman–Crippen MR) is 123 cm³/mol. The number of likely N-dealkylation sites (tertiary alicyclic amines) is 2. The Morgan fingerprint density at radius 2 is 1.90 bits per heavy atom. The third-order valence-electron chi connectivity index (χ3n) is 6.51. The molecule has 0 aliphatic carbocycles. The van der Waals surface area contributed by atoms with Crippen LogP contribution in [0.15, 0.2) is 35.8 Å². The standard InChI is InChI=1S/C24H32N4O2S/c1-18-23(31-17-25-18)24(30)28-13-9-19(10-14-28)7-8-22(29)26-21-11-12-27(16-21)15-20-5-3-2-4-6-20/h2-6,17,19,21H,7-16H2,1H3,(H,26,29). The molecule has 2 fully saturated rings. The number of hydrogen-bond donors (Lipinski definition) is 1. The lowest BCUT2D eigenvalue weighted by molar-refractivity contribution is -0.122. The van der Waals surface area contributed by atoms with Crippen molar-refractivity contribution in [3.8, 4) is 0 Å². The van der Waals surface area contributed by atoms with E-state index in [-0.39, 0.29) is 17.9 Å². The molecule has 0 bridgehead atoms. The summed E-state index contributed by atoms with van der Waals surface area (Å²) in [4.78, 5) is 34.4. The first-order chi connectivity index (χ1) is 15.1. The third-order valence-corrected chi connectivity index (χ3v) is 7.42. The van der Waals surface area contributed by atoms with E-state index < -0.39 is 0 Å². The lowest BCUT2D eigenvalue weighted by Crippen LogP contribution is -2.39. The van der Waals surface area contributed by atoms with Gasteiger partial charge >= 0.3 is 0 Å². The molecule has 1 atom stereocenters.